The number of hydrogen-bond donors (Lipinski definition) is 2. The predicted octanol–water partition coefficient (Wildman–Crippen LogP) is 1.77. The molecule has 0 bridgehead atoms. The highest BCUT2D eigenvalue weighted by molar-refractivity contribution is 7.89. The smallest absolute Gasteiger partial charge is 0.303 e. The summed E-state index contributed by atoms with van der Waals surface area (Å²) in [6.07, 6.45) is 1.57. The molecule has 144 valence electrons. The van der Waals surface area contributed by atoms with Gasteiger partial charge in [0.2, 0.25) is 15.9 Å². The molecule has 2 rings (SSSR count). The highest BCUT2D eigenvalue weighted by atomic mass is 32.2. The Morgan fingerprint density at radius 2 is 1.96 bits per heavy atom. The fourth-order valence-electron chi connectivity index (χ4n) is 3.01. The number of carboxylic acid groups (broad SMARTS) is 1. The molecule has 8 heteroatoms. The van der Waals surface area contributed by atoms with Crippen LogP contribution in [0.4, 0.5) is 0 Å². The number of aliphatic carboxylic acids is 1. The monoisotopic (exact) mass is 382 g/mol. The molecule has 26 heavy (non-hydrogen) atoms. The zero-order valence-electron chi connectivity index (χ0n) is 15.1. The van der Waals surface area contributed by atoms with Crippen LogP contribution in [0, 0.1) is 12.8 Å². The van der Waals surface area contributed by atoms with E-state index in [2.05, 4.69) is 5.32 Å². The van der Waals surface area contributed by atoms with Gasteiger partial charge in [-0.05, 0) is 45.2 Å². The lowest BCUT2D eigenvalue weighted by Gasteiger charge is -2.31. The van der Waals surface area contributed by atoms with Crippen LogP contribution in [0.2, 0.25) is 0 Å². The summed E-state index contributed by atoms with van der Waals surface area (Å²) in [6, 6.07) is 6.42. The van der Waals surface area contributed by atoms with Crippen molar-refractivity contribution in [3.05, 3.63) is 29.8 Å². The Kier molecular flexibility index (Phi) is 6.77. The number of piperidine rings is 1. The molecule has 1 amide bonds. The standard InChI is InChI=1S/C18H26N2O5S/c1-13-5-8-16(9-6-13)26(24,25)20-11-3-4-15(12-20)18(23)19-14(2)7-10-17(21)22/h5-6,8-9,14-15H,3-4,7,10-12H2,1-2H3,(H,19,23)(H,21,22). The van der Waals surface area contributed by atoms with Crippen LogP contribution in [0.3, 0.4) is 0 Å². The number of carbonyl (C=O) groups is 2. The minimum Gasteiger partial charge on any atom is -0.481 e. The summed E-state index contributed by atoms with van der Waals surface area (Å²) < 4.78 is 27.0. The van der Waals surface area contributed by atoms with Gasteiger partial charge in [0.05, 0.1) is 10.8 Å². The van der Waals surface area contributed by atoms with Crippen molar-refractivity contribution in [1.82, 2.24) is 9.62 Å². The van der Waals surface area contributed by atoms with Crippen LogP contribution in [0.25, 0.3) is 0 Å². The van der Waals surface area contributed by atoms with Gasteiger partial charge in [-0.2, -0.15) is 4.31 Å². The second kappa shape index (κ2) is 8.64. The van der Waals surface area contributed by atoms with E-state index < -0.39 is 21.9 Å². The molecule has 1 aromatic rings. The van der Waals surface area contributed by atoms with E-state index in [4.69, 9.17) is 5.11 Å². The maximum atomic E-state index is 12.8. The molecule has 2 atom stereocenters. The van der Waals surface area contributed by atoms with E-state index in [1.807, 2.05) is 6.92 Å². The van der Waals surface area contributed by atoms with Crippen molar-refractivity contribution in [2.24, 2.45) is 5.92 Å². The van der Waals surface area contributed by atoms with Gasteiger partial charge in [0.15, 0.2) is 0 Å². The van der Waals surface area contributed by atoms with Gasteiger partial charge in [-0.25, -0.2) is 8.42 Å². The molecule has 1 aliphatic rings. The lowest BCUT2D eigenvalue weighted by atomic mass is 9.98. The average molecular weight is 382 g/mol. The molecule has 0 radical (unpaired) electrons. The lowest BCUT2D eigenvalue weighted by Crippen LogP contribution is -2.47. The first-order valence-corrected chi connectivity index (χ1v) is 10.2. The van der Waals surface area contributed by atoms with Gasteiger partial charge in [-0.3, -0.25) is 9.59 Å². The van der Waals surface area contributed by atoms with Crippen molar-refractivity contribution in [3.8, 4) is 0 Å². The quantitative estimate of drug-likeness (QED) is 0.748. The summed E-state index contributed by atoms with van der Waals surface area (Å²) in [5, 5.41) is 11.5. The van der Waals surface area contributed by atoms with Crippen molar-refractivity contribution in [2.75, 3.05) is 13.1 Å². The number of rotatable bonds is 7. The minimum absolute atomic E-state index is 0.0138. The summed E-state index contributed by atoms with van der Waals surface area (Å²) in [7, 11) is -3.62. The van der Waals surface area contributed by atoms with Gasteiger partial charge in [0, 0.05) is 25.6 Å². The van der Waals surface area contributed by atoms with Gasteiger partial charge < -0.3 is 10.4 Å². The average Bonchev–Trinajstić information content (AvgIpc) is 2.60. The molecule has 0 spiro atoms. The molecular formula is C18H26N2O5S. The van der Waals surface area contributed by atoms with Gasteiger partial charge >= 0.3 is 5.97 Å². The number of nitrogens with zero attached hydrogens (tertiary/aromatic N) is 1. The zero-order chi connectivity index (χ0) is 19.3. The number of hydrogen-bond acceptors (Lipinski definition) is 4. The topological polar surface area (TPSA) is 104 Å². The van der Waals surface area contributed by atoms with Crippen LogP contribution >= 0.6 is 0 Å². The lowest BCUT2D eigenvalue weighted by molar-refractivity contribution is -0.137. The van der Waals surface area contributed by atoms with Crippen LogP contribution in [-0.2, 0) is 19.6 Å². The minimum atomic E-state index is -3.62. The maximum Gasteiger partial charge on any atom is 0.303 e. The fourth-order valence-corrected chi connectivity index (χ4v) is 4.53. The number of nitrogens with one attached hydrogen (secondary N) is 1. The summed E-state index contributed by atoms with van der Waals surface area (Å²) in [5.41, 5.74) is 0.982. The summed E-state index contributed by atoms with van der Waals surface area (Å²) in [4.78, 5) is 23.3. The van der Waals surface area contributed by atoms with E-state index in [9.17, 15) is 18.0 Å². The first-order valence-electron chi connectivity index (χ1n) is 8.79. The molecule has 2 unspecified atom stereocenters. The summed E-state index contributed by atoms with van der Waals surface area (Å²) in [6.45, 7) is 4.19. The number of carboxylic acids is 1. The van der Waals surface area contributed by atoms with Crippen molar-refractivity contribution in [2.45, 2.75) is 50.5 Å². The third-order valence-corrected chi connectivity index (χ3v) is 6.47. The molecule has 0 aliphatic carbocycles. The van der Waals surface area contributed by atoms with E-state index in [0.717, 1.165) is 5.56 Å². The molecule has 0 aromatic heterocycles. The molecule has 1 aromatic carbocycles. The van der Waals surface area contributed by atoms with Gasteiger partial charge in [-0.1, -0.05) is 17.7 Å². The highest BCUT2D eigenvalue weighted by Gasteiger charge is 2.33. The number of amides is 1. The summed E-state index contributed by atoms with van der Waals surface area (Å²) >= 11 is 0. The van der Waals surface area contributed by atoms with Crippen LogP contribution in [0.5, 0.6) is 0 Å². The zero-order valence-corrected chi connectivity index (χ0v) is 16.0. The van der Waals surface area contributed by atoms with Gasteiger partial charge in [0.25, 0.3) is 0 Å². The van der Waals surface area contributed by atoms with Gasteiger partial charge in [0.1, 0.15) is 0 Å². The van der Waals surface area contributed by atoms with Crippen molar-refractivity contribution in [1.29, 1.82) is 0 Å². The molecule has 1 saturated heterocycles. The first kappa shape index (κ1) is 20.4. The van der Waals surface area contributed by atoms with Crippen LogP contribution in [0.1, 0.15) is 38.2 Å². The second-order valence-corrected chi connectivity index (χ2v) is 8.80. The number of aryl methyl sites for hydroxylation is 1. The van der Waals surface area contributed by atoms with E-state index >= 15 is 0 Å². The summed E-state index contributed by atoms with van der Waals surface area (Å²) in [5.74, 6) is -1.54. The van der Waals surface area contributed by atoms with Crippen molar-refractivity contribution in [3.63, 3.8) is 0 Å². The largest absolute Gasteiger partial charge is 0.481 e. The van der Waals surface area contributed by atoms with Crippen LogP contribution in [0.15, 0.2) is 29.2 Å². The molecule has 7 nitrogen and oxygen atoms in total. The van der Waals surface area contributed by atoms with Crippen LogP contribution < -0.4 is 5.32 Å². The molecule has 1 heterocycles. The third-order valence-electron chi connectivity index (χ3n) is 4.59. The van der Waals surface area contributed by atoms with E-state index in [1.165, 1.54) is 4.31 Å². The van der Waals surface area contributed by atoms with E-state index in [1.54, 1.807) is 31.2 Å². The molecular weight excluding hydrogens is 356 g/mol. The fraction of sp³-hybridized carbons (Fsp3) is 0.556. The number of sulfonamides is 1. The van der Waals surface area contributed by atoms with E-state index in [0.29, 0.717) is 25.8 Å². The molecule has 1 fully saturated rings. The molecule has 0 saturated carbocycles. The molecule has 2 N–H and O–H groups in total. The Bertz CT molecular complexity index is 745. The number of benzene rings is 1. The van der Waals surface area contributed by atoms with Crippen molar-refractivity contribution < 1.29 is 23.1 Å². The SMILES string of the molecule is Cc1ccc(S(=O)(=O)N2CCCC(C(=O)NC(C)CCC(=O)O)C2)cc1. The Morgan fingerprint density at radius 1 is 1.31 bits per heavy atom. The second-order valence-electron chi connectivity index (χ2n) is 6.86. The first-order chi connectivity index (χ1) is 12.2. The van der Waals surface area contributed by atoms with Gasteiger partial charge in [-0.15, -0.1) is 0 Å². The highest BCUT2D eigenvalue weighted by Crippen LogP contribution is 2.24. The third kappa shape index (κ3) is 5.28. The van der Waals surface area contributed by atoms with Crippen molar-refractivity contribution >= 4 is 21.9 Å². The Balaban J connectivity index is 2.00. The van der Waals surface area contributed by atoms with Crippen LogP contribution in [-0.4, -0.2) is 48.8 Å². The maximum absolute atomic E-state index is 12.8. The van der Waals surface area contributed by atoms with E-state index in [-0.39, 0.29) is 29.8 Å². The number of carbonyl (C=O) groups excluding carboxylic acids is 1. The molecule has 1 aliphatic heterocycles. The normalized spacial score (nSPS) is 19.7. The Morgan fingerprint density at radius 3 is 2.58 bits per heavy atom. The Hall–Kier alpha value is -1.93. The Labute approximate surface area is 154 Å². The predicted molar refractivity (Wildman–Crippen MR) is 97.1 cm³/mol.